The molecule has 1 aliphatic heterocycles. The van der Waals surface area contributed by atoms with Gasteiger partial charge in [-0.1, -0.05) is 0 Å². The largest absolute Gasteiger partial charge is 0.380 e. The SMILES string of the molecule is OC1(c2cncc(Br)c2)COC1. The predicted molar refractivity (Wildman–Crippen MR) is 46.7 cm³/mol. The second-order valence-corrected chi connectivity index (χ2v) is 3.83. The Hall–Kier alpha value is -0.450. The quantitative estimate of drug-likeness (QED) is 0.784. The van der Waals surface area contributed by atoms with Crippen molar-refractivity contribution in [2.45, 2.75) is 5.60 Å². The molecule has 0 amide bonds. The molecule has 1 aromatic rings. The third-order valence-corrected chi connectivity index (χ3v) is 2.36. The molecule has 12 heavy (non-hydrogen) atoms. The van der Waals surface area contributed by atoms with E-state index < -0.39 is 5.60 Å². The maximum absolute atomic E-state index is 9.82. The van der Waals surface area contributed by atoms with Crippen molar-refractivity contribution < 1.29 is 9.84 Å². The van der Waals surface area contributed by atoms with Gasteiger partial charge in [-0.25, -0.2) is 0 Å². The summed E-state index contributed by atoms with van der Waals surface area (Å²) in [6, 6.07) is 1.86. The number of aliphatic hydroxyl groups is 1. The first kappa shape index (κ1) is 8.16. The average molecular weight is 230 g/mol. The maximum Gasteiger partial charge on any atom is 0.138 e. The van der Waals surface area contributed by atoms with E-state index in [-0.39, 0.29) is 0 Å². The highest BCUT2D eigenvalue weighted by Gasteiger charge is 2.38. The lowest BCUT2D eigenvalue weighted by Crippen LogP contribution is -2.46. The standard InChI is InChI=1S/C8H8BrNO2/c9-7-1-6(2-10-3-7)8(11)4-12-5-8/h1-3,11H,4-5H2. The number of hydrogen-bond donors (Lipinski definition) is 1. The summed E-state index contributed by atoms with van der Waals surface area (Å²) in [7, 11) is 0. The van der Waals surface area contributed by atoms with Gasteiger partial charge in [-0.05, 0) is 22.0 Å². The molecule has 1 fully saturated rings. The lowest BCUT2D eigenvalue weighted by molar-refractivity contribution is -0.184. The molecule has 2 rings (SSSR count). The van der Waals surface area contributed by atoms with Crippen LogP contribution >= 0.6 is 15.9 Å². The molecule has 0 radical (unpaired) electrons. The van der Waals surface area contributed by atoms with Crippen LogP contribution in [-0.2, 0) is 10.3 Å². The van der Waals surface area contributed by atoms with E-state index in [1.807, 2.05) is 6.07 Å². The molecular weight excluding hydrogens is 222 g/mol. The van der Waals surface area contributed by atoms with Crippen molar-refractivity contribution in [1.82, 2.24) is 4.98 Å². The van der Waals surface area contributed by atoms with E-state index in [1.54, 1.807) is 12.4 Å². The molecule has 0 atom stereocenters. The van der Waals surface area contributed by atoms with Crippen molar-refractivity contribution in [1.29, 1.82) is 0 Å². The van der Waals surface area contributed by atoms with E-state index in [0.29, 0.717) is 13.2 Å². The van der Waals surface area contributed by atoms with E-state index in [2.05, 4.69) is 20.9 Å². The first-order chi connectivity index (χ1) is 5.71. The molecule has 1 aromatic heterocycles. The van der Waals surface area contributed by atoms with Crippen molar-refractivity contribution in [3.8, 4) is 0 Å². The van der Waals surface area contributed by atoms with Crippen LogP contribution in [0.15, 0.2) is 22.9 Å². The molecule has 64 valence electrons. The van der Waals surface area contributed by atoms with Crippen molar-refractivity contribution >= 4 is 15.9 Å². The summed E-state index contributed by atoms with van der Waals surface area (Å²) in [6.07, 6.45) is 3.35. The van der Waals surface area contributed by atoms with Gasteiger partial charge in [-0.3, -0.25) is 4.98 Å². The van der Waals surface area contributed by atoms with Gasteiger partial charge in [0.05, 0.1) is 13.2 Å². The first-order valence-electron chi connectivity index (χ1n) is 3.62. The van der Waals surface area contributed by atoms with E-state index in [1.165, 1.54) is 0 Å². The van der Waals surface area contributed by atoms with E-state index in [9.17, 15) is 5.11 Å². The van der Waals surface area contributed by atoms with Gasteiger partial charge in [-0.2, -0.15) is 0 Å². The van der Waals surface area contributed by atoms with Crippen LogP contribution in [0.4, 0.5) is 0 Å². The molecule has 2 heterocycles. The summed E-state index contributed by atoms with van der Waals surface area (Å²) in [4.78, 5) is 3.97. The molecule has 0 bridgehead atoms. The van der Waals surface area contributed by atoms with E-state index in [0.717, 1.165) is 10.0 Å². The zero-order valence-electron chi connectivity index (χ0n) is 6.33. The van der Waals surface area contributed by atoms with Gasteiger partial charge in [0.2, 0.25) is 0 Å². The highest BCUT2D eigenvalue weighted by molar-refractivity contribution is 9.10. The Balaban J connectivity index is 2.33. The van der Waals surface area contributed by atoms with Crippen LogP contribution < -0.4 is 0 Å². The Morgan fingerprint density at radius 1 is 1.50 bits per heavy atom. The van der Waals surface area contributed by atoms with Gasteiger partial charge in [0.15, 0.2) is 0 Å². The zero-order valence-corrected chi connectivity index (χ0v) is 7.91. The monoisotopic (exact) mass is 229 g/mol. The fourth-order valence-corrected chi connectivity index (χ4v) is 1.49. The fourth-order valence-electron chi connectivity index (χ4n) is 1.13. The van der Waals surface area contributed by atoms with Crippen molar-refractivity contribution in [2.24, 2.45) is 0 Å². The Morgan fingerprint density at radius 3 is 2.75 bits per heavy atom. The summed E-state index contributed by atoms with van der Waals surface area (Å²) in [6.45, 7) is 0.732. The Bertz CT molecular complexity index is 299. The lowest BCUT2D eigenvalue weighted by Gasteiger charge is -2.36. The number of ether oxygens (including phenoxy) is 1. The summed E-state index contributed by atoms with van der Waals surface area (Å²) in [5.74, 6) is 0. The van der Waals surface area contributed by atoms with Crippen molar-refractivity contribution in [2.75, 3.05) is 13.2 Å². The molecule has 4 heteroatoms. The van der Waals surface area contributed by atoms with Gasteiger partial charge >= 0.3 is 0 Å². The van der Waals surface area contributed by atoms with Gasteiger partial charge in [-0.15, -0.1) is 0 Å². The maximum atomic E-state index is 9.82. The molecule has 0 aromatic carbocycles. The summed E-state index contributed by atoms with van der Waals surface area (Å²) in [5.41, 5.74) is -0.000301. The number of aromatic nitrogens is 1. The Labute approximate surface area is 78.5 Å². The molecule has 0 aliphatic carbocycles. The van der Waals surface area contributed by atoms with Gasteiger partial charge < -0.3 is 9.84 Å². The first-order valence-corrected chi connectivity index (χ1v) is 4.41. The van der Waals surface area contributed by atoms with Crippen LogP contribution in [0.1, 0.15) is 5.56 Å². The van der Waals surface area contributed by atoms with Crippen LogP contribution in [0, 0.1) is 0 Å². The number of hydrogen-bond acceptors (Lipinski definition) is 3. The van der Waals surface area contributed by atoms with E-state index in [4.69, 9.17) is 4.74 Å². The number of pyridine rings is 1. The normalized spacial score (nSPS) is 20.2. The third kappa shape index (κ3) is 1.26. The molecule has 3 nitrogen and oxygen atoms in total. The second kappa shape index (κ2) is 2.80. The second-order valence-electron chi connectivity index (χ2n) is 2.92. The van der Waals surface area contributed by atoms with Gasteiger partial charge in [0, 0.05) is 22.4 Å². The lowest BCUT2D eigenvalue weighted by atomic mass is 9.94. The van der Waals surface area contributed by atoms with Crippen LogP contribution in [0.2, 0.25) is 0 Å². The summed E-state index contributed by atoms with van der Waals surface area (Å²) >= 11 is 3.29. The van der Waals surface area contributed by atoms with Gasteiger partial charge in [0.1, 0.15) is 5.60 Å². The van der Waals surface area contributed by atoms with Crippen LogP contribution in [-0.4, -0.2) is 23.3 Å². The Morgan fingerprint density at radius 2 is 2.25 bits per heavy atom. The number of halogens is 1. The Kier molecular flexibility index (Phi) is 1.90. The van der Waals surface area contributed by atoms with Gasteiger partial charge in [0.25, 0.3) is 0 Å². The van der Waals surface area contributed by atoms with Crippen molar-refractivity contribution in [3.05, 3.63) is 28.5 Å². The smallest absolute Gasteiger partial charge is 0.138 e. The fraction of sp³-hybridized carbons (Fsp3) is 0.375. The molecule has 1 aliphatic rings. The van der Waals surface area contributed by atoms with Crippen LogP contribution in [0.5, 0.6) is 0 Å². The minimum atomic E-state index is -0.809. The highest BCUT2D eigenvalue weighted by atomic mass is 79.9. The molecule has 1 N–H and O–H groups in total. The highest BCUT2D eigenvalue weighted by Crippen LogP contribution is 2.29. The molecular formula is C8H8BrNO2. The topological polar surface area (TPSA) is 42.4 Å². The molecule has 0 saturated carbocycles. The molecule has 0 unspecified atom stereocenters. The van der Waals surface area contributed by atoms with E-state index >= 15 is 0 Å². The van der Waals surface area contributed by atoms with Crippen LogP contribution in [0.3, 0.4) is 0 Å². The minimum Gasteiger partial charge on any atom is -0.380 e. The minimum absolute atomic E-state index is 0.366. The summed E-state index contributed by atoms with van der Waals surface area (Å²) in [5, 5.41) is 9.82. The summed E-state index contributed by atoms with van der Waals surface area (Å²) < 4.78 is 5.81. The molecule has 1 saturated heterocycles. The predicted octanol–water partition coefficient (Wildman–Crippen LogP) is 1.06. The third-order valence-electron chi connectivity index (χ3n) is 1.92. The number of rotatable bonds is 1. The number of nitrogens with zero attached hydrogens (tertiary/aromatic N) is 1. The van der Waals surface area contributed by atoms with Crippen LogP contribution in [0.25, 0.3) is 0 Å². The average Bonchev–Trinajstić information content (AvgIpc) is 2.00. The zero-order chi connectivity index (χ0) is 8.60. The van der Waals surface area contributed by atoms with Crippen molar-refractivity contribution in [3.63, 3.8) is 0 Å². The molecule has 0 spiro atoms.